The molecule has 1 aromatic heterocycles. The van der Waals surface area contributed by atoms with Gasteiger partial charge < -0.3 is 10.2 Å². The third kappa shape index (κ3) is 3.25. The molecule has 0 fully saturated rings. The van der Waals surface area contributed by atoms with Gasteiger partial charge in [0.15, 0.2) is 5.69 Å². The fourth-order valence-electron chi connectivity index (χ4n) is 3.34. The smallest absolute Gasteiger partial charge is 0.274 e. The normalized spacial score (nSPS) is 13.2. The van der Waals surface area contributed by atoms with E-state index >= 15 is 0 Å². The highest BCUT2D eigenvalue weighted by Crippen LogP contribution is 2.21. The zero-order chi connectivity index (χ0) is 16.5. The number of hydrogen-bond donors (Lipinski definition) is 2. The molecule has 2 aromatic carbocycles. The molecule has 5 nitrogen and oxygen atoms in total. The van der Waals surface area contributed by atoms with Crippen LogP contribution in [0.2, 0.25) is 0 Å². The van der Waals surface area contributed by atoms with Crippen molar-refractivity contribution in [1.82, 2.24) is 20.4 Å². The fraction of sp³-hybridized carbons (Fsp3) is 0.263. The number of amides is 1. The van der Waals surface area contributed by atoms with Gasteiger partial charge in [0.2, 0.25) is 0 Å². The molecule has 0 spiro atoms. The van der Waals surface area contributed by atoms with Gasteiger partial charge in [-0.1, -0.05) is 42.5 Å². The number of halogens is 1. The number of H-pyrrole nitrogens is 1. The molecule has 0 bridgehead atoms. The Morgan fingerprint density at radius 1 is 1.20 bits per heavy atom. The summed E-state index contributed by atoms with van der Waals surface area (Å²) in [7, 11) is 1.83. The predicted octanol–water partition coefficient (Wildman–Crippen LogP) is 2.90. The second-order valence-corrected chi connectivity index (χ2v) is 6.26. The first kappa shape index (κ1) is 17.5. The summed E-state index contributed by atoms with van der Waals surface area (Å²) in [6.07, 6.45) is 0.892. The molecule has 0 radical (unpaired) electrons. The highest BCUT2D eigenvalue weighted by atomic mass is 35.5. The van der Waals surface area contributed by atoms with Crippen molar-refractivity contribution >= 4 is 29.1 Å². The number of aromatic amines is 1. The Bertz CT molecular complexity index is 900. The highest BCUT2D eigenvalue weighted by Gasteiger charge is 2.24. The number of aromatic nitrogens is 2. The maximum absolute atomic E-state index is 12.8. The summed E-state index contributed by atoms with van der Waals surface area (Å²) in [4.78, 5) is 14.6. The minimum Gasteiger partial charge on any atom is -0.336 e. The molecule has 2 heterocycles. The van der Waals surface area contributed by atoms with Gasteiger partial charge in [0, 0.05) is 44.4 Å². The Morgan fingerprint density at radius 2 is 2.00 bits per heavy atom. The van der Waals surface area contributed by atoms with Crippen LogP contribution in [0.4, 0.5) is 0 Å². The first-order valence-corrected chi connectivity index (χ1v) is 8.23. The number of fused-ring (bicyclic) bond motifs is 2. The minimum atomic E-state index is -0.0378. The molecule has 4 rings (SSSR count). The standard InChI is InChI=1S/C19H20N4O.ClH/c1-23(12-14-7-4-6-13-5-2-3-8-15(13)14)19(24)18-16-11-20-10-9-17(16)21-22-18;/h2-8,20H,9-12H2,1H3,(H,21,22);1H. The largest absolute Gasteiger partial charge is 0.336 e. The molecule has 0 aliphatic carbocycles. The summed E-state index contributed by atoms with van der Waals surface area (Å²) < 4.78 is 0. The van der Waals surface area contributed by atoms with Gasteiger partial charge in [-0.3, -0.25) is 9.89 Å². The van der Waals surface area contributed by atoms with Crippen molar-refractivity contribution in [3.05, 3.63) is 65.0 Å². The minimum absolute atomic E-state index is 0. The number of benzene rings is 2. The maximum atomic E-state index is 12.8. The van der Waals surface area contributed by atoms with Crippen molar-refractivity contribution in [2.45, 2.75) is 19.5 Å². The molecule has 25 heavy (non-hydrogen) atoms. The van der Waals surface area contributed by atoms with Crippen LogP contribution in [0.1, 0.15) is 27.3 Å². The van der Waals surface area contributed by atoms with Crippen LogP contribution in [0.15, 0.2) is 42.5 Å². The van der Waals surface area contributed by atoms with E-state index in [0.29, 0.717) is 18.8 Å². The molecule has 0 atom stereocenters. The molecular formula is C19H21ClN4O. The molecule has 6 heteroatoms. The molecule has 0 unspecified atom stereocenters. The maximum Gasteiger partial charge on any atom is 0.274 e. The van der Waals surface area contributed by atoms with E-state index in [2.05, 4.69) is 39.8 Å². The molecule has 3 aromatic rings. The van der Waals surface area contributed by atoms with E-state index in [-0.39, 0.29) is 18.3 Å². The van der Waals surface area contributed by atoms with E-state index in [4.69, 9.17) is 0 Å². The Morgan fingerprint density at radius 3 is 2.88 bits per heavy atom. The van der Waals surface area contributed by atoms with E-state index in [1.807, 2.05) is 25.2 Å². The van der Waals surface area contributed by atoms with Gasteiger partial charge in [-0.2, -0.15) is 5.10 Å². The summed E-state index contributed by atoms with van der Waals surface area (Å²) in [6, 6.07) is 14.5. The predicted molar refractivity (Wildman–Crippen MR) is 101 cm³/mol. The van der Waals surface area contributed by atoms with E-state index in [0.717, 1.165) is 29.8 Å². The Kier molecular flexibility index (Phi) is 5.06. The van der Waals surface area contributed by atoms with E-state index in [1.165, 1.54) is 10.8 Å². The van der Waals surface area contributed by atoms with Crippen LogP contribution in [0.25, 0.3) is 10.8 Å². The van der Waals surface area contributed by atoms with Crippen LogP contribution in [0.5, 0.6) is 0 Å². The van der Waals surface area contributed by atoms with E-state index in [1.54, 1.807) is 4.90 Å². The van der Waals surface area contributed by atoms with Crippen molar-refractivity contribution in [1.29, 1.82) is 0 Å². The lowest BCUT2D eigenvalue weighted by molar-refractivity contribution is 0.0778. The van der Waals surface area contributed by atoms with Crippen LogP contribution in [-0.2, 0) is 19.5 Å². The first-order valence-electron chi connectivity index (χ1n) is 8.23. The summed E-state index contributed by atoms with van der Waals surface area (Å²) in [6.45, 7) is 2.19. The van der Waals surface area contributed by atoms with Gasteiger partial charge >= 0.3 is 0 Å². The van der Waals surface area contributed by atoms with Crippen LogP contribution >= 0.6 is 12.4 Å². The number of carbonyl (C=O) groups is 1. The second-order valence-electron chi connectivity index (χ2n) is 6.26. The zero-order valence-electron chi connectivity index (χ0n) is 14.1. The lowest BCUT2D eigenvalue weighted by atomic mass is 10.0. The van der Waals surface area contributed by atoms with Gasteiger partial charge in [-0.25, -0.2) is 0 Å². The van der Waals surface area contributed by atoms with Gasteiger partial charge in [-0.15, -0.1) is 12.4 Å². The van der Waals surface area contributed by atoms with Crippen molar-refractivity contribution in [2.75, 3.05) is 13.6 Å². The SMILES string of the molecule is CN(Cc1cccc2ccccc12)C(=O)c1n[nH]c2c1CNCC2.Cl. The van der Waals surface area contributed by atoms with Gasteiger partial charge in [0.05, 0.1) is 0 Å². The van der Waals surface area contributed by atoms with Gasteiger partial charge in [0.25, 0.3) is 5.91 Å². The van der Waals surface area contributed by atoms with E-state index < -0.39 is 0 Å². The topological polar surface area (TPSA) is 61.0 Å². The van der Waals surface area contributed by atoms with E-state index in [9.17, 15) is 4.79 Å². The number of nitrogens with one attached hydrogen (secondary N) is 2. The summed E-state index contributed by atoms with van der Waals surface area (Å²) in [5.41, 5.74) is 3.78. The van der Waals surface area contributed by atoms with Crippen LogP contribution in [0.3, 0.4) is 0 Å². The van der Waals surface area contributed by atoms with Crippen LogP contribution < -0.4 is 5.32 Å². The summed E-state index contributed by atoms with van der Waals surface area (Å²) in [5, 5.41) is 13.0. The molecular weight excluding hydrogens is 336 g/mol. The number of nitrogens with zero attached hydrogens (tertiary/aromatic N) is 2. The Labute approximate surface area is 152 Å². The third-order valence-corrected chi connectivity index (χ3v) is 4.64. The van der Waals surface area contributed by atoms with Crippen molar-refractivity contribution < 1.29 is 4.79 Å². The first-order chi connectivity index (χ1) is 11.7. The number of carbonyl (C=O) groups excluding carboxylic acids is 1. The van der Waals surface area contributed by atoms with Gasteiger partial charge in [0.1, 0.15) is 0 Å². The third-order valence-electron chi connectivity index (χ3n) is 4.64. The Balaban J connectivity index is 0.00000182. The lowest BCUT2D eigenvalue weighted by Gasteiger charge is -2.19. The lowest BCUT2D eigenvalue weighted by Crippen LogP contribution is -2.30. The number of rotatable bonds is 3. The van der Waals surface area contributed by atoms with Crippen molar-refractivity contribution in [2.24, 2.45) is 0 Å². The molecule has 0 saturated heterocycles. The fourth-order valence-corrected chi connectivity index (χ4v) is 3.34. The molecule has 2 N–H and O–H groups in total. The molecule has 1 aliphatic heterocycles. The molecule has 1 amide bonds. The van der Waals surface area contributed by atoms with Crippen LogP contribution in [0, 0.1) is 0 Å². The molecule has 130 valence electrons. The summed E-state index contributed by atoms with van der Waals surface area (Å²) in [5.74, 6) is -0.0378. The second kappa shape index (κ2) is 7.25. The highest BCUT2D eigenvalue weighted by molar-refractivity contribution is 5.94. The zero-order valence-corrected chi connectivity index (χ0v) is 14.9. The van der Waals surface area contributed by atoms with Crippen LogP contribution in [-0.4, -0.2) is 34.6 Å². The van der Waals surface area contributed by atoms with Crippen molar-refractivity contribution in [3.63, 3.8) is 0 Å². The summed E-state index contributed by atoms with van der Waals surface area (Å²) >= 11 is 0. The van der Waals surface area contributed by atoms with Crippen molar-refractivity contribution in [3.8, 4) is 0 Å². The Hall–Kier alpha value is -2.37. The molecule has 0 saturated carbocycles. The average Bonchev–Trinajstić information content (AvgIpc) is 3.05. The quantitative estimate of drug-likeness (QED) is 0.758. The average molecular weight is 357 g/mol. The van der Waals surface area contributed by atoms with Gasteiger partial charge in [-0.05, 0) is 16.3 Å². The number of hydrogen-bond acceptors (Lipinski definition) is 3. The monoisotopic (exact) mass is 356 g/mol. The molecule has 1 aliphatic rings.